The summed E-state index contributed by atoms with van der Waals surface area (Å²) in [6.07, 6.45) is 1.48. The number of likely N-dealkylation sites (tertiary alicyclic amines) is 1. The molecule has 1 fully saturated rings. The van der Waals surface area contributed by atoms with Crippen molar-refractivity contribution < 1.29 is 14.3 Å². The van der Waals surface area contributed by atoms with Crippen molar-refractivity contribution >= 4 is 11.9 Å². The first-order valence-corrected chi connectivity index (χ1v) is 5.48. The zero-order chi connectivity index (χ0) is 12.3. The number of ether oxygens (including phenoxy) is 1. The Morgan fingerprint density at radius 3 is 2.62 bits per heavy atom. The van der Waals surface area contributed by atoms with E-state index in [1.165, 1.54) is 0 Å². The molecule has 4 nitrogen and oxygen atoms in total. The molecule has 0 aromatic rings. The molecule has 0 aromatic carbocycles. The van der Waals surface area contributed by atoms with Gasteiger partial charge in [0.25, 0.3) is 0 Å². The van der Waals surface area contributed by atoms with Crippen LogP contribution in [0, 0.1) is 0 Å². The van der Waals surface area contributed by atoms with Crippen molar-refractivity contribution in [3.63, 3.8) is 0 Å². The largest absolute Gasteiger partial charge is 0.460 e. The molecule has 1 aliphatic heterocycles. The van der Waals surface area contributed by atoms with Gasteiger partial charge < -0.3 is 9.64 Å². The van der Waals surface area contributed by atoms with Gasteiger partial charge in [-0.3, -0.25) is 4.79 Å². The predicted molar refractivity (Wildman–Crippen MR) is 60.8 cm³/mol. The number of rotatable bonds is 4. The fourth-order valence-electron chi connectivity index (χ4n) is 1.73. The number of esters is 1. The smallest absolute Gasteiger partial charge is 0.333 e. The Labute approximate surface area is 96.3 Å². The third-order valence-corrected chi connectivity index (χ3v) is 2.71. The molecule has 0 atom stereocenters. The second-order valence-corrected chi connectivity index (χ2v) is 4.82. The minimum atomic E-state index is -0.432. The molecule has 1 saturated heterocycles. The molecule has 0 aliphatic carbocycles. The summed E-state index contributed by atoms with van der Waals surface area (Å²) in [4.78, 5) is 24.6. The first-order valence-electron chi connectivity index (χ1n) is 5.48. The third-order valence-electron chi connectivity index (χ3n) is 2.71. The van der Waals surface area contributed by atoms with Crippen LogP contribution in [0.5, 0.6) is 0 Å². The maximum absolute atomic E-state index is 11.6. The molecule has 1 heterocycles. The van der Waals surface area contributed by atoms with Crippen molar-refractivity contribution in [1.29, 1.82) is 0 Å². The van der Waals surface area contributed by atoms with E-state index in [0.29, 0.717) is 12.0 Å². The fourth-order valence-corrected chi connectivity index (χ4v) is 1.73. The lowest BCUT2D eigenvalue weighted by atomic mass is 10.1. The van der Waals surface area contributed by atoms with Crippen LogP contribution in [-0.4, -0.2) is 35.5 Å². The van der Waals surface area contributed by atoms with Crippen LogP contribution >= 0.6 is 0 Å². The lowest BCUT2D eigenvalue weighted by molar-refractivity contribution is -0.146. The normalized spacial score (nSPS) is 16.4. The highest BCUT2D eigenvalue weighted by Crippen LogP contribution is 2.22. The zero-order valence-corrected chi connectivity index (χ0v) is 10.2. The van der Waals surface area contributed by atoms with E-state index < -0.39 is 11.5 Å². The first kappa shape index (κ1) is 12.7. The molecule has 0 saturated carbocycles. The standard InChI is InChI=1S/C12H19NO3/c1-9(2)11(15)16-8-12(3,4)13-7-5-6-10(13)14/h1,5-8H2,2-4H3. The van der Waals surface area contributed by atoms with Gasteiger partial charge in [0.15, 0.2) is 0 Å². The lowest BCUT2D eigenvalue weighted by Crippen LogP contribution is -2.48. The van der Waals surface area contributed by atoms with Gasteiger partial charge in [0.2, 0.25) is 5.91 Å². The number of nitrogens with zero attached hydrogens (tertiary/aromatic N) is 1. The van der Waals surface area contributed by atoms with Crippen LogP contribution in [0.1, 0.15) is 33.6 Å². The van der Waals surface area contributed by atoms with Gasteiger partial charge in [-0.25, -0.2) is 4.79 Å². The van der Waals surface area contributed by atoms with Gasteiger partial charge in [-0.05, 0) is 27.2 Å². The SMILES string of the molecule is C=C(C)C(=O)OCC(C)(C)N1CCCC1=O. The van der Waals surface area contributed by atoms with E-state index in [1.807, 2.05) is 13.8 Å². The average molecular weight is 225 g/mol. The minimum Gasteiger partial charge on any atom is -0.460 e. The van der Waals surface area contributed by atoms with E-state index in [0.717, 1.165) is 13.0 Å². The van der Waals surface area contributed by atoms with E-state index in [2.05, 4.69) is 6.58 Å². The van der Waals surface area contributed by atoms with Crippen LogP contribution in [0.2, 0.25) is 0 Å². The summed E-state index contributed by atoms with van der Waals surface area (Å²) in [7, 11) is 0. The molecule has 0 aromatic heterocycles. The first-order chi connectivity index (χ1) is 7.34. The van der Waals surface area contributed by atoms with E-state index in [4.69, 9.17) is 4.74 Å². The molecule has 0 bridgehead atoms. The predicted octanol–water partition coefficient (Wildman–Crippen LogP) is 1.51. The van der Waals surface area contributed by atoms with E-state index >= 15 is 0 Å². The molecule has 0 radical (unpaired) electrons. The molecular weight excluding hydrogens is 206 g/mol. The second-order valence-electron chi connectivity index (χ2n) is 4.82. The summed E-state index contributed by atoms with van der Waals surface area (Å²) in [5, 5.41) is 0. The van der Waals surface area contributed by atoms with Gasteiger partial charge in [-0.1, -0.05) is 6.58 Å². The Morgan fingerprint density at radius 1 is 1.56 bits per heavy atom. The summed E-state index contributed by atoms with van der Waals surface area (Å²) >= 11 is 0. The van der Waals surface area contributed by atoms with Crippen LogP contribution < -0.4 is 0 Å². The Hall–Kier alpha value is -1.32. The van der Waals surface area contributed by atoms with Crippen LogP contribution in [-0.2, 0) is 14.3 Å². The van der Waals surface area contributed by atoms with E-state index in [-0.39, 0.29) is 12.5 Å². The maximum atomic E-state index is 11.6. The Kier molecular flexibility index (Phi) is 3.73. The highest BCUT2D eigenvalue weighted by molar-refractivity contribution is 5.87. The molecule has 90 valence electrons. The Balaban J connectivity index is 2.54. The van der Waals surface area contributed by atoms with Crippen molar-refractivity contribution in [2.24, 2.45) is 0 Å². The van der Waals surface area contributed by atoms with Crippen LogP contribution in [0.3, 0.4) is 0 Å². The fraction of sp³-hybridized carbons (Fsp3) is 0.667. The van der Waals surface area contributed by atoms with E-state index in [1.54, 1.807) is 11.8 Å². The summed E-state index contributed by atoms with van der Waals surface area (Å²) in [5.74, 6) is -0.268. The van der Waals surface area contributed by atoms with Crippen molar-refractivity contribution in [3.05, 3.63) is 12.2 Å². The van der Waals surface area contributed by atoms with Gasteiger partial charge in [0, 0.05) is 18.5 Å². The van der Waals surface area contributed by atoms with Gasteiger partial charge in [0.05, 0.1) is 5.54 Å². The molecule has 1 rings (SSSR count). The van der Waals surface area contributed by atoms with Gasteiger partial charge in [-0.2, -0.15) is 0 Å². The number of carbonyl (C=O) groups is 2. The van der Waals surface area contributed by atoms with Gasteiger partial charge in [-0.15, -0.1) is 0 Å². The summed E-state index contributed by atoms with van der Waals surface area (Å²) in [6.45, 7) is 9.89. The van der Waals surface area contributed by atoms with Crippen LogP contribution in [0.15, 0.2) is 12.2 Å². The van der Waals surface area contributed by atoms with Crippen LogP contribution in [0.4, 0.5) is 0 Å². The lowest BCUT2D eigenvalue weighted by Gasteiger charge is -2.34. The highest BCUT2D eigenvalue weighted by Gasteiger charge is 2.34. The topological polar surface area (TPSA) is 46.6 Å². The van der Waals surface area contributed by atoms with Gasteiger partial charge >= 0.3 is 5.97 Å². The molecule has 4 heteroatoms. The molecule has 0 unspecified atom stereocenters. The number of hydrogen-bond acceptors (Lipinski definition) is 3. The molecule has 16 heavy (non-hydrogen) atoms. The van der Waals surface area contributed by atoms with Crippen molar-refractivity contribution in [3.8, 4) is 0 Å². The second kappa shape index (κ2) is 4.68. The van der Waals surface area contributed by atoms with Gasteiger partial charge in [0.1, 0.15) is 6.61 Å². The highest BCUT2D eigenvalue weighted by atomic mass is 16.5. The van der Waals surface area contributed by atoms with Crippen molar-refractivity contribution in [2.45, 2.75) is 39.2 Å². The average Bonchev–Trinajstić information content (AvgIpc) is 2.61. The van der Waals surface area contributed by atoms with Crippen molar-refractivity contribution in [2.75, 3.05) is 13.2 Å². The Bertz CT molecular complexity index is 320. The third kappa shape index (κ3) is 2.84. The monoisotopic (exact) mass is 225 g/mol. The molecule has 1 aliphatic rings. The maximum Gasteiger partial charge on any atom is 0.333 e. The summed E-state index contributed by atoms with van der Waals surface area (Å²) in [6, 6.07) is 0. The molecule has 0 spiro atoms. The minimum absolute atomic E-state index is 0.136. The Morgan fingerprint density at radius 2 is 2.19 bits per heavy atom. The molecule has 0 N–H and O–H groups in total. The number of hydrogen-bond donors (Lipinski definition) is 0. The van der Waals surface area contributed by atoms with E-state index in [9.17, 15) is 9.59 Å². The van der Waals surface area contributed by atoms with Crippen molar-refractivity contribution in [1.82, 2.24) is 4.90 Å². The quantitative estimate of drug-likeness (QED) is 0.538. The molecule has 1 amide bonds. The zero-order valence-electron chi connectivity index (χ0n) is 10.2. The number of carbonyl (C=O) groups excluding carboxylic acids is 2. The summed E-state index contributed by atoms with van der Waals surface area (Å²) in [5.41, 5.74) is -0.0536. The number of amides is 1. The van der Waals surface area contributed by atoms with Crippen LogP contribution in [0.25, 0.3) is 0 Å². The molecular formula is C12H19NO3. The summed E-state index contributed by atoms with van der Waals surface area (Å²) < 4.78 is 5.10.